The molecule has 1 aromatic heterocycles. The van der Waals surface area contributed by atoms with E-state index in [0.717, 1.165) is 44.8 Å². The summed E-state index contributed by atoms with van der Waals surface area (Å²) in [7, 11) is 0. The average Bonchev–Trinajstić information content (AvgIpc) is 2.44. The molecule has 0 spiro atoms. The van der Waals surface area contributed by atoms with Gasteiger partial charge in [-0.2, -0.15) is 0 Å². The Labute approximate surface area is 138 Å². The number of piperazine rings is 1. The zero-order chi connectivity index (χ0) is 13.5. The number of aryl methyl sites for hydroxylation is 1. The molecular weight excluding hydrogens is 311 g/mol. The van der Waals surface area contributed by atoms with Crippen LogP contribution in [0.4, 0.5) is 0 Å². The fourth-order valence-corrected chi connectivity index (χ4v) is 2.20. The SMILES string of the molecule is Cc1cccc(C(=O)NCCCN2CCNCC2)n1.Cl.Cl. The van der Waals surface area contributed by atoms with Gasteiger partial charge in [-0.1, -0.05) is 6.07 Å². The summed E-state index contributed by atoms with van der Waals surface area (Å²) in [5.41, 5.74) is 1.37. The van der Waals surface area contributed by atoms with Gasteiger partial charge in [0.05, 0.1) is 0 Å². The summed E-state index contributed by atoms with van der Waals surface area (Å²) in [6.07, 6.45) is 0.984. The van der Waals surface area contributed by atoms with Crippen molar-refractivity contribution < 1.29 is 4.79 Å². The first kappa shape index (κ1) is 20.1. The van der Waals surface area contributed by atoms with E-state index in [1.54, 1.807) is 6.07 Å². The molecule has 5 nitrogen and oxygen atoms in total. The average molecular weight is 335 g/mol. The molecule has 1 saturated heterocycles. The third-order valence-electron chi connectivity index (χ3n) is 3.27. The molecule has 0 radical (unpaired) electrons. The van der Waals surface area contributed by atoms with E-state index in [4.69, 9.17) is 0 Å². The highest BCUT2D eigenvalue weighted by molar-refractivity contribution is 5.92. The van der Waals surface area contributed by atoms with Crippen molar-refractivity contribution in [1.29, 1.82) is 0 Å². The van der Waals surface area contributed by atoms with Crippen molar-refractivity contribution in [3.8, 4) is 0 Å². The monoisotopic (exact) mass is 334 g/mol. The highest BCUT2D eigenvalue weighted by Gasteiger charge is 2.09. The molecule has 1 aliphatic rings. The van der Waals surface area contributed by atoms with Gasteiger partial charge >= 0.3 is 0 Å². The summed E-state index contributed by atoms with van der Waals surface area (Å²) >= 11 is 0. The van der Waals surface area contributed by atoms with Gasteiger partial charge in [-0.15, -0.1) is 24.8 Å². The van der Waals surface area contributed by atoms with Gasteiger partial charge < -0.3 is 15.5 Å². The van der Waals surface area contributed by atoms with Crippen molar-refractivity contribution in [2.24, 2.45) is 0 Å². The Balaban J connectivity index is 0.00000200. The molecule has 2 heterocycles. The van der Waals surface area contributed by atoms with Crippen LogP contribution in [-0.2, 0) is 0 Å². The van der Waals surface area contributed by atoms with Crippen molar-refractivity contribution >= 4 is 30.7 Å². The summed E-state index contributed by atoms with van der Waals surface area (Å²) in [5.74, 6) is -0.0796. The number of carbonyl (C=O) groups is 1. The Hall–Kier alpha value is -0.880. The zero-order valence-corrected chi connectivity index (χ0v) is 13.9. The molecule has 0 unspecified atom stereocenters. The normalized spacial score (nSPS) is 14.7. The van der Waals surface area contributed by atoms with E-state index in [-0.39, 0.29) is 30.7 Å². The lowest BCUT2D eigenvalue weighted by atomic mass is 10.3. The molecule has 0 bridgehead atoms. The first-order valence-electron chi connectivity index (χ1n) is 6.90. The molecule has 0 aliphatic carbocycles. The van der Waals surface area contributed by atoms with Crippen LogP contribution in [0.2, 0.25) is 0 Å². The number of amides is 1. The lowest BCUT2D eigenvalue weighted by molar-refractivity contribution is 0.0946. The van der Waals surface area contributed by atoms with Crippen molar-refractivity contribution in [3.63, 3.8) is 0 Å². The number of pyridine rings is 1. The standard InChI is InChI=1S/C14H22N4O.2ClH/c1-12-4-2-5-13(17-12)14(19)16-6-3-9-18-10-7-15-8-11-18;;/h2,4-5,15H,3,6-11H2,1H3,(H,16,19);2*1H. The number of hydrogen-bond donors (Lipinski definition) is 2. The van der Waals surface area contributed by atoms with E-state index in [0.29, 0.717) is 12.2 Å². The van der Waals surface area contributed by atoms with Gasteiger partial charge in [0.1, 0.15) is 5.69 Å². The summed E-state index contributed by atoms with van der Waals surface area (Å²) in [6.45, 7) is 7.99. The van der Waals surface area contributed by atoms with Crippen molar-refractivity contribution in [1.82, 2.24) is 20.5 Å². The Morgan fingerprint density at radius 3 is 2.71 bits per heavy atom. The summed E-state index contributed by atoms with van der Waals surface area (Å²) in [6, 6.07) is 5.50. The lowest BCUT2D eigenvalue weighted by Crippen LogP contribution is -2.44. The molecule has 1 aromatic rings. The number of carbonyl (C=O) groups excluding carboxylic acids is 1. The van der Waals surface area contributed by atoms with E-state index >= 15 is 0 Å². The Kier molecular flexibility index (Phi) is 10.3. The van der Waals surface area contributed by atoms with Gasteiger partial charge in [-0.3, -0.25) is 4.79 Å². The highest BCUT2D eigenvalue weighted by atomic mass is 35.5. The van der Waals surface area contributed by atoms with Gasteiger partial charge in [-0.05, 0) is 32.0 Å². The molecular formula is C14H24Cl2N4O. The first-order chi connectivity index (χ1) is 9.25. The molecule has 120 valence electrons. The quantitative estimate of drug-likeness (QED) is 0.796. The molecule has 0 saturated carbocycles. The predicted molar refractivity (Wildman–Crippen MR) is 89.7 cm³/mol. The van der Waals surface area contributed by atoms with Gasteiger partial charge in [0.2, 0.25) is 0 Å². The molecule has 7 heteroatoms. The smallest absolute Gasteiger partial charge is 0.269 e. The fraction of sp³-hybridized carbons (Fsp3) is 0.571. The zero-order valence-electron chi connectivity index (χ0n) is 12.3. The molecule has 2 N–H and O–H groups in total. The van der Waals surface area contributed by atoms with Crippen LogP contribution in [0, 0.1) is 6.92 Å². The third-order valence-corrected chi connectivity index (χ3v) is 3.27. The minimum absolute atomic E-state index is 0. The molecule has 1 amide bonds. The van der Waals surface area contributed by atoms with Crippen molar-refractivity contribution in [2.75, 3.05) is 39.3 Å². The summed E-state index contributed by atoms with van der Waals surface area (Å²) in [4.78, 5) is 18.5. The number of nitrogens with one attached hydrogen (secondary N) is 2. The minimum atomic E-state index is -0.0796. The maximum atomic E-state index is 11.9. The van der Waals surface area contributed by atoms with Crippen LogP contribution < -0.4 is 10.6 Å². The highest BCUT2D eigenvalue weighted by Crippen LogP contribution is 1.98. The van der Waals surface area contributed by atoms with E-state index in [2.05, 4.69) is 20.5 Å². The van der Waals surface area contributed by atoms with Crippen LogP contribution in [0.15, 0.2) is 18.2 Å². The molecule has 2 rings (SSSR count). The van der Waals surface area contributed by atoms with Gasteiger partial charge in [0.25, 0.3) is 5.91 Å². The largest absolute Gasteiger partial charge is 0.351 e. The third kappa shape index (κ3) is 7.09. The van der Waals surface area contributed by atoms with Crippen LogP contribution in [0.5, 0.6) is 0 Å². The van der Waals surface area contributed by atoms with E-state index in [1.807, 2.05) is 19.1 Å². The minimum Gasteiger partial charge on any atom is -0.351 e. The lowest BCUT2D eigenvalue weighted by Gasteiger charge is -2.27. The number of rotatable bonds is 5. The van der Waals surface area contributed by atoms with Crippen LogP contribution in [-0.4, -0.2) is 55.1 Å². The van der Waals surface area contributed by atoms with Crippen LogP contribution in [0.3, 0.4) is 0 Å². The predicted octanol–water partition coefficient (Wildman–Crippen LogP) is 1.26. The van der Waals surface area contributed by atoms with Gasteiger partial charge in [-0.25, -0.2) is 4.98 Å². The van der Waals surface area contributed by atoms with E-state index in [1.165, 1.54) is 0 Å². The Morgan fingerprint density at radius 1 is 1.33 bits per heavy atom. The van der Waals surface area contributed by atoms with E-state index < -0.39 is 0 Å². The van der Waals surface area contributed by atoms with Gasteiger partial charge in [0, 0.05) is 38.4 Å². The van der Waals surface area contributed by atoms with Gasteiger partial charge in [0.15, 0.2) is 0 Å². The molecule has 0 atom stereocenters. The Morgan fingerprint density at radius 2 is 2.05 bits per heavy atom. The number of aromatic nitrogens is 1. The maximum absolute atomic E-state index is 11.9. The fourth-order valence-electron chi connectivity index (χ4n) is 2.20. The second kappa shape index (κ2) is 10.8. The van der Waals surface area contributed by atoms with Crippen molar-refractivity contribution in [2.45, 2.75) is 13.3 Å². The second-order valence-electron chi connectivity index (χ2n) is 4.87. The van der Waals surface area contributed by atoms with E-state index in [9.17, 15) is 4.79 Å². The Bertz CT molecular complexity index is 425. The number of nitrogens with zero attached hydrogens (tertiary/aromatic N) is 2. The topological polar surface area (TPSA) is 57.3 Å². The van der Waals surface area contributed by atoms with Crippen molar-refractivity contribution in [3.05, 3.63) is 29.6 Å². The second-order valence-corrected chi connectivity index (χ2v) is 4.87. The van der Waals surface area contributed by atoms with Crippen LogP contribution in [0.1, 0.15) is 22.6 Å². The molecule has 0 aromatic carbocycles. The molecule has 1 aliphatic heterocycles. The number of halogens is 2. The summed E-state index contributed by atoms with van der Waals surface area (Å²) < 4.78 is 0. The molecule has 1 fully saturated rings. The first-order valence-corrected chi connectivity index (χ1v) is 6.90. The molecule has 21 heavy (non-hydrogen) atoms. The van der Waals surface area contributed by atoms with Crippen LogP contribution in [0.25, 0.3) is 0 Å². The number of hydrogen-bond acceptors (Lipinski definition) is 4. The maximum Gasteiger partial charge on any atom is 0.269 e. The summed E-state index contributed by atoms with van der Waals surface area (Å²) in [5, 5.41) is 6.25. The van der Waals surface area contributed by atoms with Crippen LogP contribution >= 0.6 is 24.8 Å².